The number of nitrogens with two attached hydrogens (primary N) is 1. The molecule has 2 heterocycles. The number of hydrogen-bond acceptors (Lipinski definition) is 5. The van der Waals surface area contributed by atoms with Crippen molar-refractivity contribution in [3.8, 4) is 0 Å². The summed E-state index contributed by atoms with van der Waals surface area (Å²) >= 11 is 0. The number of nitrogen functional groups attached to an aromatic ring is 1. The van der Waals surface area contributed by atoms with Gasteiger partial charge in [0, 0.05) is 12.4 Å². The molecule has 0 radical (unpaired) electrons. The van der Waals surface area contributed by atoms with Crippen LogP contribution in [0.15, 0.2) is 30.9 Å². The van der Waals surface area contributed by atoms with Crippen molar-refractivity contribution in [1.29, 1.82) is 0 Å². The Morgan fingerprint density at radius 2 is 1.58 bits per heavy atom. The number of anilines is 1. The summed E-state index contributed by atoms with van der Waals surface area (Å²) in [5.74, 6) is 0.322. The highest BCUT2D eigenvalue weighted by molar-refractivity contribution is 5.11. The summed E-state index contributed by atoms with van der Waals surface area (Å²) in [5, 5.41) is 9.33. The molecule has 6 nitrogen and oxygen atoms in total. The van der Waals surface area contributed by atoms with Crippen LogP contribution in [0.25, 0.3) is 0 Å². The van der Waals surface area contributed by atoms with Gasteiger partial charge in [-0.3, -0.25) is 0 Å². The highest BCUT2D eigenvalue weighted by Crippen LogP contribution is 1.81. The topological polar surface area (TPSA) is 93.4 Å². The average molecular weight is 164 g/mol. The second kappa shape index (κ2) is 4.78. The molecule has 0 spiro atoms. The van der Waals surface area contributed by atoms with E-state index in [4.69, 9.17) is 5.73 Å². The van der Waals surface area contributed by atoms with Gasteiger partial charge >= 0.3 is 0 Å². The number of hydrogen-bond donors (Lipinski definition) is 2. The largest absolute Gasteiger partial charge is 0.368 e. The lowest BCUT2D eigenvalue weighted by molar-refractivity contribution is 0.940. The molecule has 0 saturated heterocycles. The van der Waals surface area contributed by atoms with E-state index in [2.05, 4.69) is 25.4 Å². The monoisotopic (exact) mass is 164 g/mol. The van der Waals surface area contributed by atoms with Crippen molar-refractivity contribution < 1.29 is 0 Å². The third-order valence-electron chi connectivity index (χ3n) is 0.917. The van der Waals surface area contributed by atoms with Gasteiger partial charge in [-0.15, -0.1) is 0 Å². The molecule has 0 bridgehead atoms. The fraction of sp³-hybridized carbons (Fsp3) is 0. The fourth-order valence-corrected chi connectivity index (χ4v) is 0.477. The van der Waals surface area contributed by atoms with Crippen LogP contribution in [0, 0.1) is 0 Å². The van der Waals surface area contributed by atoms with E-state index in [1.54, 1.807) is 30.9 Å². The predicted molar refractivity (Wildman–Crippen MR) is 42.8 cm³/mol. The van der Waals surface area contributed by atoms with Crippen molar-refractivity contribution in [3.05, 3.63) is 30.9 Å². The highest BCUT2D eigenvalue weighted by atomic mass is 15.3. The van der Waals surface area contributed by atoms with Crippen LogP contribution in [0.3, 0.4) is 0 Å². The lowest BCUT2D eigenvalue weighted by Gasteiger charge is -1.82. The van der Waals surface area contributed by atoms with E-state index in [0.29, 0.717) is 5.95 Å². The summed E-state index contributed by atoms with van der Waals surface area (Å²) in [5.41, 5.74) is 5.14. The predicted octanol–water partition coefficient (Wildman–Crippen LogP) is -0.137. The fourth-order valence-electron chi connectivity index (χ4n) is 0.477. The average Bonchev–Trinajstić information content (AvgIpc) is 2.62. The summed E-state index contributed by atoms with van der Waals surface area (Å²) < 4.78 is 0. The van der Waals surface area contributed by atoms with Gasteiger partial charge in [-0.05, 0) is 6.07 Å². The maximum absolute atomic E-state index is 5.14. The van der Waals surface area contributed by atoms with Crippen molar-refractivity contribution in [3.63, 3.8) is 0 Å². The normalized spacial score (nSPS) is 8.33. The number of aromatic nitrogens is 5. The first-order chi connectivity index (χ1) is 5.89. The van der Waals surface area contributed by atoms with Gasteiger partial charge in [-0.1, -0.05) is 0 Å². The van der Waals surface area contributed by atoms with Crippen LogP contribution in [-0.4, -0.2) is 25.4 Å². The first-order valence-electron chi connectivity index (χ1n) is 3.22. The van der Waals surface area contributed by atoms with E-state index < -0.39 is 0 Å². The number of H-pyrrole nitrogens is 1. The summed E-state index contributed by atoms with van der Waals surface area (Å²) in [6, 6.07) is 1.72. The molecule has 12 heavy (non-hydrogen) atoms. The van der Waals surface area contributed by atoms with E-state index in [1.165, 1.54) is 0 Å². The molecule has 0 amide bonds. The van der Waals surface area contributed by atoms with Gasteiger partial charge in [0.05, 0.1) is 12.4 Å². The Kier molecular flexibility index (Phi) is 3.23. The van der Waals surface area contributed by atoms with Crippen molar-refractivity contribution in [1.82, 2.24) is 25.4 Å². The van der Waals surface area contributed by atoms with Gasteiger partial charge in [0.2, 0.25) is 5.95 Å². The zero-order chi connectivity index (χ0) is 8.65. The molecule has 0 saturated carbocycles. The summed E-state index contributed by atoms with van der Waals surface area (Å²) in [4.78, 5) is 7.29. The highest BCUT2D eigenvalue weighted by Gasteiger charge is 1.75. The Bertz CT molecular complexity index is 261. The van der Waals surface area contributed by atoms with Crippen LogP contribution in [0.1, 0.15) is 0 Å². The second-order valence-electron chi connectivity index (χ2n) is 1.76. The molecule has 0 aliphatic heterocycles. The molecule has 2 rings (SSSR count). The van der Waals surface area contributed by atoms with Crippen LogP contribution in [-0.2, 0) is 0 Å². The molecule has 62 valence electrons. The lowest BCUT2D eigenvalue weighted by atomic mass is 10.7. The molecular weight excluding hydrogens is 156 g/mol. The third kappa shape index (κ3) is 3.25. The first kappa shape index (κ1) is 8.12. The smallest absolute Gasteiger partial charge is 0.219 e. The minimum Gasteiger partial charge on any atom is -0.368 e. The maximum atomic E-state index is 5.14. The molecule has 0 aromatic carbocycles. The SMILES string of the molecule is Nc1ncccn1.c1cn[nH]n1. The molecule has 6 heteroatoms. The van der Waals surface area contributed by atoms with E-state index in [1.807, 2.05) is 0 Å². The number of nitrogens with zero attached hydrogens (tertiary/aromatic N) is 4. The lowest BCUT2D eigenvalue weighted by Crippen LogP contribution is -1.90. The Balaban J connectivity index is 0.000000127. The molecule has 0 fully saturated rings. The molecule has 0 atom stereocenters. The van der Waals surface area contributed by atoms with Crippen molar-refractivity contribution in [2.45, 2.75) is 0 Å². The number of nitrogens with one attached hydrogen (secondary N) is 1. The van der Waals surface area contributed by atoms with Crippen LogP contribution in [0.2, 0.25) is 0 Å². The van der Waals surface area contributed by atoms with Crippen molar-refractivity contribution in [2.75, 3.05) is 5.73 Å². The van der Waals surface area contributed by atoms with Gasteiger partial charge in [0.1, 0.15) is 0 Å². The molecule has 2 aromatic heterocycles. The van der Waals surface area contributed by atoms with Gasteiger partial charge in [-0.25, -0.2) is 9.97 Å². The molecule has 2 aromatic rings. The van der Waals surface area contributed by atoms with Crippen LogP contribution < -0.4 is 5.73 Å². The van der Waals surface area contributed by atoms with Crippen LogP contribution >= 0.6 is 0 Å². The Morgan fingerprint density at radius 3 is 1.83 bits per heavy atom. The maximum Gasteiger partial charge on any atom is 0.219 e. The minimum atomic E-state index is 0.322. The molecule has 3 N–H and O–H groups in total. The molecular formula is C6H8N6. The van der Waals surface area contributed by atoms with Crippen molar-refractivity contribution >= 4 is 5.95 Å². The Hall–Kier alpha value is -1.98. The van der Waals surface area contributed by atoms with E-state index >= 15 is 0 Å². The molecule has 0 aliphatic carbocycles. The van der Waals surface area contributed by atoms with Crippen molar-refractivity contribution in [2.24, 2.45) is 0 Å². The first-order valence-corrected chi connectivity index (χ1v) is 3.22. The minimum absolute atomic E-state index is 0.322. The van der Waals surface area contributed by atoms with Crippen LogP contribution in [0.4, 0.5) is 5.95 Å². The van der Waals surface area contributed by atoms with Gasteiger partial charge in [0.15, 0.2) is 0 Å². The summed E-state index contributed by atoms with van der Waals surface area (Å²) in [6.07, 6.45) is 6.37. The van der Waals surface area contributed by atoms with Gasteiger partial charge < -0.3 is 5.73 Å². The summed E-state index contributed by atoms with van der Waals surface area (Å²) in [6.45, 7) is 0. The summed E-state index contributed by atoms with van der Waals surface area (Å²) in [7, 11) is 0. The Labute approximate surface area is 68.9 Å². The zero-order valence-electron chi connectivity index (χ0n) is 6.25. The van der Waals surface area contributed by atoms with Gasteiger partial charge in [-0.2, -0.15) is 15.4 Å². The zero-order valence-corrected chi connectivity index (χ0v) is 6.25. The molecule has 0 aliphatic rings. The second-order valence-corrected chi connectivity index (χ2v) is 1.76. The third-order valence-corrected chi connectivity index (χ3v) is 0.917. The van der Waals surface area contributed by atoms with Crippen LogP contribution in [0.5, 0.6) is 0 Å². The number of aromatic amines is 1. The number of rotatable bonds is 0. The van der Waals surface area contributed by atoms with E-state index in [0.717, 1.165) is 0 Å². The van der Waals surface area contributed by atoms with E-state index in [9.17, 15) is 0 Å². The van der Waals surface area contributed by atoms with E-state index in [-0.39, 0.29) is 0 Å². The Morgan fingerprint density at radius 1 is 1.00 bits per heavy atom. The standard InChI is InChI=1S/C4H5N3.C2H3N3/c5-4-6-2-1-3-7-4;1-2-4-5-3-1/h1-3H,(H2,5,6,7);1-2H,(H,3,4,5). The van der Waals surface area contributed by atoms with Gasteiger partial charge in [0.25, 0.3) is 0 Å². The molecule has 0 unspecified atom stereocenters. The quantitative estimate of drug-likeness (QED) is 0.565.